The summed E-state index contributed by atoms with van der Waals surface area (Å²) >= 11 is 0. The van der Waals surface area contributed by atoms with E-state index in [1.54, 1.807) is 4.31 Å². The number of piperazine rings is 1. The van der Waals surface area contributed by atoms with E-state index in [1.807, 2.05) is 16.9 Å². The maximum Gasteiger partial charge on any atom is 0.211 e. The number of aliphatic imine (C=N–C) groups is 1. The van der Waals surface area contributed by atoms with Crippen molar-refractivity contribution in [2.75, 3.05) is 63.6 Å². The molecule has 35 heavy (non-hydrogen) atoms. The number of nitrogens with zero attached hydrogens (tertiary/aromatic N) is 7. The second-order valence-electron chi connectivity index (χ2n) is 9.29. The van der Waals surface area contributed by atoms with Crippen LogP contribution in [0.15, 0.2) is 35.5 Å². The van der Waals surface area contributed by atoms with Gasteiger partial charge in [0.05, 0.1) is 37.9 Å². The summed E-state index contributed by atoms with van der Waals surface area (Å²) in [6.07, 6.45) is 5.13. The molecule has 10 nitrogen and oxygen atoms in total. The molecule has 0 unspecified atom stereocenters. The molecule has 0 amide bonds. The number of sulfonamides is 1. The average molecular weight is 496 g/mol. The van der Waals surface area contributed by atoms with Crippen molar-refractivity contribution in [3.05, 3.63) is 47.2 Å². The largest absolute Gasteiger partial charge is 0.378 e. The molecule has 0 saturated carbocycles. The number of fused-ring (bicyclic) bond motifs is 2. The van der Waals surface area contributed by atoms with Crippen LogP contribution in [-0.2, 0) is 27.8 Å². The summed E-state index contributed by atoms with van der Waals surface area (Å²) < 4.78 is 32.8. The van der Waals surface area contributed by atoms with Gasteiger partial charge < -0.3 is 9.64 Å². The van der Waals surface area contributed by atoms with Gasteiger partial charge in [0.2, 0.25) is 10.0 Å². The van der Waals surface area contributed by atoms with E-state index in [1.165, 1.54) is 11.8 Å². The van der Waals surface area contributed by atoms with Gasteiger partial charge >= 0.3 is 0 Å². The summed E-state index contributed by atoms with van der Waals surface area (Å²) in [5.74, 6) is 0.923. The molecule has 3 aliphatic rings. The fraction of sp³-hybridized carbons (Fsp3) is 0.458. The van der Waals surface area contributed by atoms with Crippen LogP contribution < -0.4 is 4.90 Å². The smallest absolute Gasteiger partial charge is 0.211 e. The highest BCUT2D eigenvalue weighted by Crippen LogP contribution is 2.32. The fourth-order valence-electron chi connectivity index (χ4n) is 5.08. The Morgan fingerprint density at radius 1 is 1.06 bits per heavy atom. The number of aromatic nitrogens is 3. The molecule has 184 valence electrons. The predicted octanol–water partition coefficient (Wildman–Crippen LogP) is 1.24. The Hall–Kier alpha value is -2.86. The van der Waals surface area contributed by atoms with E-state index in [2.05, 4.69) is 39.1 Å². The Morgan fingerprint density at radius 3 is 2.63 bits per heavy atom. The quantitative estimate of drug-likeness (QED) is 0.526. The van der Waals surface area contributed by atoms with Crippen molar-refractivity contribution in [3.63, 3.8) is 0 Å². The van der Waals surface area contributed by atoms with E-state index < -0.39 is 10.0 Å². The number of anilines is 1. The molecule has 6 rings (SSSR count). The third kappa shape index (κ3) is 4.33. The number of morpholine rings is 1. The first-order valence-electron chi connectivity index (χ1n) is 12.0. The summed E-state index contributed by atoms with van der Waals surface area (Å²) in [4.78, 5) is 14.1. The maximum absolute atomic E-state index is 11.9. The number of hydrogen-bond acceptors (Lipinski definition) is 8. The van der Waals surface area contributed by atoms with Crippen molar-refractivity contribution in [2.45, 2.75) is 13.1 Å². The lowest BCUT2D eigenvalue weighted by Crippen LogP contribution is -2.47. The van der Waals surface area contributed by atoms with E-state index in [0.29, 0.717) is 52.5 Å². The van der Waals surface area contributed by atoms with Gasteiger partial charge in [0.25, 0.3) is 0 Å². The second kappa shape index (κ2) is 8.98. The first-order valence-corrected chi connectivity index (χ1v) is 13.8. The highest BCUT2D eigenvalue weighted by Gasteiger charge is 2.25. The van der Waals surface area contributed by atoms with E-state index in [9.17, 15) is 8.42 Å². The van der Waals surface area contributed by atoms with Crippen LogP contribution in [0.4, 0.5) is 5.82 Å². The molecule has 0 atom stereocenters. The summed E-state index contributed by atoms with van der Waals surface area (Å²) in [6, 6.07) is 8.45. The monoisotopic (exact) mass is 495 g/mol. The third-order valence-corrected chi connectivity index (χ3v) is 8.32. The van der Waals surface area contributed by atoms with Crippen LogP contribution in [0, 0.1) is 0 Å². The lowest BCUT2D eigenvalue weighted by molar-refractivity contribution is 0.122. The molecule has 5 heterocycles. The molecule has 2 saturated heterocycles. The van der Waals surface area contributed by atoms with Gasteiger partial charge in [-0.25, -0.2) is 17.9 Å². The Morgan fingerprint density at radius 2 is 1.86 bits per heavy atom. The summed E-state index contributed by atoms with van der Waals surface area (Å²) in [5.41, 5.74) is 6.33. The summed E-state index contributed by atoms with van der Waals surface area (Å²) in [7, 11) is -3.15. The molecular formula is C24H29N7O3S. The first-order chi connectivity index (χ1) is 17.0. The lowest BCUT2D eigenvalue weighted by Gasteiger charge is -2.33. The second-order valence-corrected chi connectivity index (χ2v) is 11.3. The standard InChI is InChI=1S/C24H29N7O3S/c1-35(32,33)30-7-5-28(6-8-30)17-19-15-26-31-22(20-4-2-3-18-14-25-16-21(18)20)13-23(27-24(19)31)29-9-11-34-12-10-29/h2-4,13,15-16H,5-12,14,17H2,1H3. The molecule has 2 aromatic heterocycles. The molecule has 3 aromatic rings. The molecule has 0 N–H and O–H groups in total. The van der Waals surface area contributed by atoms with E-state index in [4.69, 9.17) is 14.8 Å². The van der Waals surface area contributed by atoms with E-state index in [0.717, 1.165) is 46.9 Å². The number of benzene rings is 1. The molecule has 1 aromatic carbocycles. The highest BCUT2D eigenvalue weighted by atomic mass is 32.2. The molecule has 0 radical (unpaired) electrons. The first kappa shape index (κ1) is 22.6. The molecule has 3 aliphatic heterocycles. The topological polar surface area (TPSA) is 95.6 Å². The maximum atomic E-state index is 11.9. The van der Waals surface area contributed by atoms with Gasteiger partial charge in [0.15, 0.2) is 5.65 Å². The van der Waals surface area contributed by atoms with E-state index >= 15 is 0 Å². The van der Waals surface area contributed by atoms with Crippen LogP contribution in [0.1, 0.15) is 16.7 Å². The zero-order valence-electron chi connectivity index (χ0n) is 19.8. The van der Waals surface area contributed by atoms with Gasteiger partial charge in [0, 0.05) is 74.8 Å². The Bertz CT molecular complexity index is 1390. The van der Waals surface area contributed by atoms with Crippen LogP contribution in [0.2, 0.25) is 0 Å². The van der Waals surface area contributed by atoms with Crippen molar-refractivity contribution >= 4 is 27.7 Å². The van der Waals surface area contributed by atoms with Crippen molar-refractivity contribution in [1.82, 2.24) is 23.8 Å². The molecule has 11 heteroatoms. The molecule has 0 spiro atoms. The zero-order chi connectivity index (χ0) is 24.0. The lowest BCUT2D eigenvalue weighted by atomic mass is 10.0. The van der Waals surface area contributed by atoms with Gasteiger partial charge in [-0.2, -0.15) is 9.40 Å². The minimum Gasteiger partial charge on any atom is -0.378 e. The minimum absolute atomic E-state index is 0.505. The van der Waals surface area contributed by atoms with Gasteiger partial charge in [-0.1, -0.05) is 18.2 Å². The fourth-order valence-corrected chi connectivity index (χ4v) is 5.90. The predicted molar refractivity (Wildman–Crippen MR) is 134 cm³/mol. The van der Waals surface area contributed by atoms with Crippen molar-refractivity contribution in [3.8, 4) is 11.3 Å². The Labute approximate surface area is 204 Å². The Kier molecular flexibility index (Phi) is 5.79. The molecule has 0 bridgehead atoms. The third-order valence-electron chi connectivity index (χ3n) is 7.02. The molecule has 0 aliphatic carbocycles. The normalized spacial score (nSPS) is 19.5. The SMILES string of the molecule is CS(=O)(=O)N1CCN(Cc2cnn3c(-c4cccc5c4C=NC5)cc(N4CCOCC4)nc23)CC1. The molecule has 2 fully saturated rings. The number of ether oxygens (including phenoxy) is 1. The van der Waals surface area contributed by atoms with Crippen molar-refractivity contribution in [2.24, 2.45) is 4.99 Å². The number of rotatable bonds is 5. The van der Waals surface area contributed by atoms with Crippen LogP contribution in [0.5, 0.6) is 0 Å². The van der Waals surface area contributed by atoms with Gasteiger partial charge in [0.1, 0.15) is 5.82 Å². The van der Waals surface area contributed by atoms with Crippen LogP contribution in [0.25, 0.3) is 16.9 Å². The van der Waals surface area contributed by atoms with Gasteiger partial charge in [-0.3, -0.25) is 9.89 Å². The summed E-state index contributed by atoms with van der Waals surface area (Å²) in [5, 5.41) is 4.76. The van der Waals surface area contributed by atoms with Crippen molar-refractivity contribution < 1.29 is 13.2 Å². The highest BCUT2D eigenvalue weighted by molar-refractivity contribution is 7.88. The average Bonchev–Trinajstić information content (AvgIpc) is 3.51. The van der Waals surface area contributed by atoms with E-state index in [-0.39, 0.29) is 0 Å². The molecular weight excluding hydrogens is 466 g/mol. The summed E-state index contributed by atoms with van der Waals surface area (Å²) in [6.45, 7) is 6.73. The van der Waals surface area contributed by atoms with Crippen LogP contribution >= 0.6 is 0 Å². The van der Waals surface area contributed by atoms with Gasteiger partial charge in [-0.15, -0.1) is 0 Å². The van der Waals surface area contributed by atoms with Gasteiger partial charge in [-0.05, 0) is 5.56 Å². The Balaban J connectivity index is 1.39. The van der Waals surface area contributed by atoms with Crippen LogP contribution in [-0.4, -0.2) is 97.2 Å². The number of hydrogen-bond donors (Lipinski definition) is 0. The minimum atomic E-state index is -3.15. The zero-order valence-corrected chi connectivity index (χ0v) is 20.6. The van der Waals surface area contributed by atoms with Crippen LogP contribution in [0.3, 0.4) is 0 Å². The van der Waals surface area contributed by atoms with Crippen molar-refractivity contribution in [1.29, 1.82) is 0 Å².